The van der Waals surface area contributed by atoms with Crippen LogP contribution in [0.15, 0.2) is 91.3 Å². The summed E-state index contributed by atoms with van der Waals surface area (Å²) in [7, 11) is 1.35. The van der Waals surface area contributed by atoms with Crippen LogP contribution in [0.1, 0.15) is 94.1 Å². The molecule has 2 aromatic heterocycles. The summed E-state index contributed by atoms with van der Waals surface area (Å²) in [6, 6.07) is 26.3. The van der Waals surface area contributed by atoms with Gasteiger partial charge in [0.15, 0.2) is 0 Å². The van der Waals surface area contributed by atoms with Gasteiger partial charge in [0.25, 0.3) is 0 Å². The second-order valence-corrected chi connectivity index (χ2v) is 15.7. The molecule has 3 fully saturated rings. The summed E-state index contributed by atoms with van der Waals surface area (Å²) >= 11 is 0. The van der Waals surface area contributed by atoms with E-state index in [0.717, 1.165) is 115 Å². The van der Waals surface area contributed by atoms with E-state index >= 15 is 0 Å². The number of nitrogens with one attached hydrogen (secondary N) is 3. The molecule has 3 aromatic carbocycles. The van der Waals surface area contributed by atoms with Gasteiger partial charge in [-0.2, -0.15) is 0 Å². The van der Waals surface area contributed by atoms with E-state index in [-0.39, 0.29) is 41.9 Å². The third-order valence-electron chi connectivity index (χ3n) is 12.5. The number of alkyl carbamates (subject to hydrolysis) is 1. The number of amides is 3. The molecule has 0 spiro atoms. The van der Waals surface area contributed by atoms with Gasteiger partial charge in [-0.3, -0.25) is 14.5 Å². The number of rotatable bonds is 12. The Hall–Kier alpha value is -5.75. The summed E-state index contributed by atoms with van der Waals surface area (Å²) in [6.45, 7) is 7.22. The van der Waals surface area contributed by atoms with Crippen LogP contribution in [0, 0.1) is 5.92 Å². The fraction of sp³-hybridized carbons (Fsp3) is 0.413. The number of aromatic nitrogens is 4. The lowest BCUT2D eigenvalue weighted by Crippen LogP contribution is -2.45. The predicted molar refractivity (Wildman–Crippen MR) is 223 cm³/mol. The quantitative estimate of drug-likeness (QED) is 0.116. The van der Waals surface area contributed by atoms with Gasteiger partial charge < -0.3 is 29.8 Å². The average molecular weight is 783 g/mol. The van der Waals surface area contributed by atoms with Crippen molar-refractivity contribution in [2.75, 3.05) is 33.3 Å². The minimum atomic E-state index is -0.490. The minimum absolute atomic E-state index is 0.0817. The maximum absolute atomic E-state index is 14.2. The molecule has 5 atom stereocenters. The van der Waals surface area contributed by atoms with Crippen LogP contribution in [0.25, 0.3) is 33.6 Å². The van der Waals surface area contributed by atoms with Crippen molar-refractivity contribution in [3.63, 3.8) is 0 Å². The van der Waals surface area contributed by atoms with Crippen LogP contribution in [0.3, 0.4) is 0 Å². The first-order chi connectivity index (χ1) is 28.4. The minimum Gasteiger partial charge on any atom is -0.453 e. The molecule has 3 N–H and O–H groups in total. The Morgan fingerprint density at radius 1 is 0.724 bits per heavy atom. The Morgan fingerprint density at radius 2 is 1.26 bits per heavy atom. The number of likely N-dealkylation sites (N-methyl/N-ethyl adjacent to an activating group) is 1. The molecule has 8 rings (SSSR count). The number of carbonyl (C=O) groups is 3. The van der Waals surface area contributed by atoms with Crippen LogP contribution in [-0.2, 0) is 14.3 Å². The molecule has 12 heteroatoms. The van der Waals surface area contributed by atoms with Crippen LogP contribution >= 0.6 is 0 Å². The van der Waals surface area contributed by atoms with Crippen LogP contribution < -0.4 is 5.32 Å². The first-order valence-corrected chi connectivity index (χ1v) is 20.9. The number of benzene rings is 3. The van der Waals surface area contributed by atoms with Gasteiger partial charge >= 0.3 is 6.09 Å². The Balaban J connectivity index is 0.918. The molecule has 12 nitrogen and oxygen atoms in total. The molecule has 5 aromatic rings. The van der Waals surface area contributed by atoms with Crippen molar-refractivity contribution in [3.8, 4) is 33.6 Å². The molecule has 58 heavy (non-hydrogen) atoms. The van der Waals surface area contributed by atoms with Crippen molar-refractivity contribution >= 4 is 17.9 Å². The third kappa shape index (κ3) is 7.90. The van der Waals surface area contributed by atoms with E-state index in [1.165, 1.54) is 7.11 Å². The number of carbonyl (C=O) groups excluding carboxylic acids is 3. The molecule has 302 valence electrons. The molecule has 3 aliphatic rings. The first kappa shape index (κ1) is 39.1. The van der Waals surface area contributed by atoms with Gasteiger partial charge in [0.1, 0.15) is 17.7 Å². The summed E-state index contributed by atoms with van der Waals surface area (Å²) in [5.41, 5.74) is 7.11. The Bertz CT molecular complexity index is 2180. The zero-order valence-electron chi connectivity index (χ0n) is 33.7. The Labute approximate surface area is 340 Å². The van der Waals surface area contributed by atoms with Gasteiger partial charge in [0.2, 0.25) is 11.8 Å². The molecule has 0 unspecified atom stereocenters. The van der Waals surface area contributed by atoms with Gasteiger partial charge in [-0.05, 0) is 79.4 Å². The number of nitrogens with zero attached hydrogens (tertiary/aromatic N) is 5. The summed E-state index contributed by atoms with van der Waals surface area (Å²) in [5.74, 6) is 1.59. The maximum atomic E-state index is 14.2. The number of aromatic amines is 2. The zero-order chi connectivity index (χ0) is 40.2. The van der Waals surface area contributed by atoms with Crippen molar-refractivity contribution in [2.45, 2.75) is 83.0 Å². The van der Waals surface area contributed by atoms with Gasteiger partial charge in [0.05, 0.1) is 48.9 Å². The molecule has 3 amide bonds. The van der Waals surface area contributed by atoms with Crippen molar-refractivity contribution in [1.29, 1.82) is 0 Å². The number of likely N-dealkylation sites (tertiary alicyclic amines) is 2. The van der Waals surface area contributed by atoms with E-state index in [1.807, 2.05) is 40.4 Å². The lowest BCUT2D eigenvalue weighted by atomic mass is 10.0. The molecule has 4 heterocycles. The van der Waals surface area contributed by atoms with Crippen molar-refractivity contribution in [1.82, 2.24) is 40.0 Å². The fourth-order valence-electron chi connectivity index (χ4n) is 9.36. The van der Waals surface area contributed by atoms with E-state index in [1.54, 1.807) is 0 Å². The van der Waals surface area contributed by atoms with Crippen LogP contribution in [0.5, 0.6) is 0 Å². The zero-order valence-corrected chi connectivity index (χ0v) is 33.7. The molecule has 1 saturated carbocycles. The molecule has 0 bridgehead atoms. The van der Waals surface area contributed by atoms with Crippen molar-refractivity contribution < 1.29 is 19.1 Å². The van der Waals surface area contributed by atoms with Gasteiger partial charge in [0, 0.05) is 19.1 Å². The second kappa shape index (κ2) is 17.4. The summed E-state index contributed by atoms with van der Waals surface area (Å²) in [6.07, 6.45) is 9.26. The van der Waals surface area contributed by atoms with E-state index in [0.29, 0.717) is 6.54 Å². The van der Waals surface area contributed by atoms with Crippen LogP contribution in [-0.4, -0.2) is 91.9 Å². The first-order valence-electron chi connectivity index (χ1n) is 20.9. The highest BCUT2D eigenvalue weighted by Gasteiger charge is 2.42. The van der Waals surface area contributed by atoms with Gasteiger partial charge in [-0.1, -0.05) is 99.1 Å². The predicted octanol–water partition coefficient (Wildman–Crippen LogP) is 8.07. The van der Waals surface area contributed by atoms with Crippen LogP contribution in [0.4, 0.5) is 4.79 Å². The highest BCUT2D eigenvalue weighted by atomic mass is 16.5. The third-order valence-corrected chi connectivity index (χ3v) is 12.5. The van der Waals surface area contributed by atoms with E-state index in [4.69, 9.17) is 14.7 Å². The molecule has 2 aliphatic heterocycles. The normalized spacial score (nSPS) is 21.1. The largest absolute Gasteiger partial charge is 0.453 e. The van der Waals surface area contributed by atoms with E-state index in [9.17, 15) is 14.4 Å². The summed E-state index contributed by atoms with van der Waals surface area (Å²) < 4.78 is 4.80. The number of methoxy groups -OCH3 is 1. The monoisotopic (exact) mass is 782 g/mol. The SMILES string of the molecule is CCN(CC)[C@@H](C(=O)N1CCC[C@H]1c1ncc(-c2ccc(-c3ccc(-c4cnc([C@@H]5CCCN5C(=O)[C@H]5CCC[C@H]5NC(=O)OC)[nH]4)cc3)cc2)[nH]1)c1ccccc1. The molecule has 1 aliphatic carbocycles. The molecular weight excluding hydrogens is 729 g/mol. The standard InChI is InChI=1S/C46H54N8O4/c1-4-52(5-2)41(34-12-7-6-8-13-34)45(56)54-27-11-17-40(54)43-48-29-38(50-43)33-24-20-31(21-25-33)30-18-22-32(23-19-30)37-28-47-42(49-37)39-16-10-26-53(39)44(55)35-14-9-15-36(35)51-46(57)58-3/h6-8,12-13,18-25,28-29,35-36,39-41H,4-5,9-11,14-17,26-27H2,1-3H3,(H,47,49)(H,48,50)(H,51,57)/t35-,36+,39-,40-,41+/m0/s1. The summed E-state index contributed by atoms with van der Waals surface area (Å²) in [5, 5.41) is 2.87. The topological polar surface area (TPSA) is 140 Å². The number of H-pyrrole nitrogens is 2. The van der Waals surface area contributed by atoms with Gasteiger partial charge in [-0.15, -0.1) is 0 Å². The van der Waals surface area contributed by atoms with Gasteiger partial charge in [-0.25, -0.2) is 14.8 Å². The maximum Gasteiger partial charge on any atom is 0.407 e. The fourth-order valence-corrected chi connectivity index (χ4v) is 9.36. The molecule has 2 saturated heterocycles. The van der Waals surface area contributed by atoms with Crippen LogP contribution in [0.2, 0.25) is 0 Å². The van der Waals surface area contributed by atoms with E-state index < -0.39 is 6.09 Å². The summed E-state index contributed by atoms with van der Waals surface area (Å²) in [4.78, 5) is 62.7. The Kier molecular flexibility index (Phi) is 11.7. The van der Waals surface area contributed by atoms with E-state index in [2.05, 4.69) is 94.7 Å². The lowest BCUT2D eigenvalue weighted by Gasteiger charge is -2.34. The highest BCUT2D eigenvalue weighted by Crippen LogP contribution is 2.38. The Morgan fingerprint density at radius 3 is 1.81 bits per heavy atom. The lowest BCUT2D eigenvalue weighted by molar-refractivity contribution is -0.138. The van der Waals surface area contributed by atoms with Crippen molar-refractivity contribution in [2.24, 2.45) is 5.92 Å². The molecular formula is C46H54N8O4. The smallest absolute Gasteiger partial charge is 0.407 e. The molecule has 0 radical (unpaired) electrons. The highest BCUT2D eigenvalue weighted by molar-refractivity contribution is 5.84. The number of hydrogen-bond donors (Lipinski definition) is 3. The number of imidazole rings is 2. The number of ether oxygens (including phenoxy) is 1. The number of hydrogen-bond acceptors (Lipinski definition) is 7. The average Bonchev–Trinajstić information content (AvgIpc) is 4.12. The second-order valence-electron chi connectivity index (χ2n) is 15.7. The van der Waals surface area contributed by atoms with Crippen molar-refractivity contribution in [3.05, 3.63) is 108 Å².